The number of nitrogens with one attached hydrogen (secondary N) is 1. The molecule has 0 saturated heterocycles. The van der Waals surface area contributed by atoms with Crippen LogP contribution in [0.5, 0.6) is 0 Å². The van der Waals surface area contributed by atoms with Gasteiger partial charge in [0, 0.05) is 13.2 Å². The summed E-state index contributed by atoms with van der Waals surface area (Å²) in [7, 11) is 1.82. The van der Waals surface area contributed by atoms with Gasteiger partial charge < -0.3 is 5.32 Å². The summed E-state index contributed by atoms with van der Waals surface area (Å²) in [6.45, 7) is 0. The van der Waals surface area contributed by atoms with Crippen LogP contribution in [0, 0.1) is 0 Å². The smallest absolute Gasteiger partial charge is 0.230 e. The summed E-state index contributed by atoms with van der Waals surface area (Å²) in [6, 6.07) is 5.57. The minimum Gasteiger partial charge on any atom is -0.302 e. The van der Waals surface area contributed by atoms with Gasteiger partial charge in [0.25, 0.3) is 0 Å². The number of hydrogen-bond donors (Lipinski definition) is 1. The highest BCUT2D eigenvalue weighted by Gasteiger charge is 2.10. The Balaban J connectivity index is 1.75. The molecule has 0 unspecified atom stereocenters. The van der Waals surface area contributed by atoms with Gasteiger partial charge in [0.2, 0.25) is 5.91 Å². The number of hydrogen-bond acceptors (Lipinski definition) is 4. The van der Waals surface area contributed by atoms with E-state index in [-0.39, 0.29) is 12.3 Å². The molecule has 1 aromatic carbocycles. The Kier molecular flexibility index (Phi) is 3.42. The summed E-state index contributed by atoms with van der Waals surface area (Å²) >= 11 is 7.47. The van der Waals surface area contributed by atoms with E-state index in [0.29, 0.717) is 10.2 Å². The molecule has 0 fully saturated rings. The predicted octanol–water partition coefficient (Wildman–Crippen LogP) is 2.86. The van der Waals surface area contributed by atoms with Crippen LogP contribution >= 0.6 is 22.9 Å². The number of fused-ring (bicyclic) bond motifs is 1. The molecule has 0 spiro atoms. The Morgan fingerprint density at radius 2 is 2.35 bits per heavy atom. The number of halogens is 1. The van der Waals surface area contributed by atoms with E-state index in [0.717, 1.165) is 15.8 Å². The van der Waals surface area contributed by atoms with Crippen molar-refractivity contribution in [1.29, 1.82) is 0 Å². The molecule has 0 aliphatic heterocycles. The van der Waals surface area contributed by atoms with Crippen LogP contribution in [0.25, 0.3) is 10.2 Å². The molecular formula is C13H11ClN4OS. The molecule has 1 amide bonds. The van der Waals surface area contributed by atoms with Crippen molar-refractivity contribution in [3.8, 4) is 0 Å². The van der Waals surface area contributed by atoms with Crippen molar-refractivity contribution in [1.82, 2.24) is 14.8 Å². The number of carbonyl (C=O) groups excluding carboxylic acids is 1. The second-order valence-electron chi connectivity index (χ2n) is 4.35. The summed E-state index contributed by atoms with van der Waals surface area (Å²) in [5.41, 5.74) is 1.58. The van der Waals surface area contributed by atoms with Gasteiger partial charge in [-0.25, -0.2) is 4.98 Å². The first-order valence-electron chi connectivity index (χ1n) is 5.94. The first-order chi connectivity index (χ1) is 9.61. The lowest BCUT2D eigenvalue weighted by atomic mass is 10.2. The van der Waals surface area contributed by atoms with Gasteiger partial charge in [-0.2, -0.15) is 5.10 Å². The maximum atomic E-state index is 11.9. The Hall–Kier alpha value is -1.92. The zero-order valence-electron chi connectivity index (χ0n) is 10.6. The Labute approximate surface area is 124 Å². The number of thiazole rings is 1. The first kappa shape index (κ1) is 13.1. The molecule has 102 valence electrons. The highest BCUT2D eigenvalue weighted by atomic mass is 35.5. The molecule has 0 saturated carbocycles. The van der Waals surface area contributed by atoms with E-state index in [4.69, 9.17) is 11.6 Å². The maximum Gasteiger partial charge on any atom is 0.230 e. The van der Waals surface area contributed by atoms with E-state index in [1.807, 2.05) is 25.4 Å². The fourth-order valence-electron chi connectivity index (χ4n) is 1.88. The summed E-state index contributed by atoms with van der Waals surface area (Å²) < 4.78 is 2.62. The van der Waals surface area contributed by atoms with Crippen molar-refractivity contribution < 1.29 is 4.79 Å². The van der Waals surface area contributed by atoms with E-state index < -0.39 is 0 Å². The molecule has 20 heavy (non-hydrogen) atoms. The average Bonchev–Trinajstić information content (AvgIpc) is 2.96. The van der Waals surface area contributed by atoms with Crippen LogP contribution in [0.3, 0.4) is 0 Å². The fourth-order valence-corrected chi connectivity index (χ4v) is 3.06. The third-order valence-electron chi connectivity index (χ3n) is 2.74. The highest BCUT2D eigenvalue weighted by Crippen LogP contribution is 2.30. The molecule has 3 aromatic rings. The number of amides is 1. The number of rotatable bonds is 3. The van der Waals surface area contributed by atoms with Gasteiger partial charge in [-0.15, -0.1) is 0 Å². The van der Waals surface area contributed by atoms with Crippen LogP contribution in [0.2, 0.25) is 5.02 Å². The molecule has 2 heterocycles. The number of anilines is 1. The van der Waals surface area contributed by atoms with Gasteiger partial charge >= 0.3 is 0 Å². The van der Waals surface area contributed by atoms with E-state index in [9.17, 15) is 4.79 Å². The highest BCUT2D eigenvalue weighted by molar-refractivity contribution is 7.22. The van der Waals surface area contributed by atoms with E-state index in [2.05, 4.69) is 15.4 Å². The van der Waals surface area contributed by atoms with Gasteiger partial charge in [-0.05, 0) is 17.7 Å². The second-order valence-corrected chi connectivity index (χ2v) is 5.79. The van der Waals surface area contributed by atoms with Crippen molar-refractivity contribution in [2.45, 2.75) is 6.42 Å². The van der Waals surface area contributed by atoms with Crippen LogP contribution in [-0.4, -0.2) is 20.7 Å². The molecule has 7 heteroatoms. The van der Waals surface area contributed by atoms with Gasteiger partial charge in [0.05, 0.1) is 22.3 Å². The minimum absolute atomic E-state index is 0.117. The van der Waals surface area contributed by atoms with E-state index >= 15 is 0 Å². The van der Waals surface area contributed by atoms with Crippen LogP contribution in [0.1, 0.15) is 5.56 Å². The zero-order chi connectivity index (χ0) is 14.1. The molecule has 5 nitrogen and oxygen atoms in total. The summed E-state index contributed by atoms with van der Waals surface area (Å²) in [5, 5.41) is 7.97. The molecular weight excluding hydrogens is 296 g/mol. The lowest BCUT2D eigenvalue weighted by Crippen LogP contribution is -2.13. The third kappa shape index (κ3) is 2.66. The molecule has 0 aliphatic carbocycles. The number of para-hydroxylation sites is 1. The maximum absolute atomic E-state index is 11.9. The minimum atomic E-state index is -0.117. The van der Waals surface area contributed by atoms with Crippen molar-refractivity contribution in [3.63, 3.8) is 0 Å². The number of nitrogens with zero attached hydrogens (tertiary/aromatic N) is 3. The summed E-state index contributed by atoms with van der Waals surface area (Å²) in [5.74, 6) is -0.117. The Bertz CT molecular complexity index is 780. The SMILES string of the molecule is Cn1cc(CC(=O)Nc2nc3c(Cl)cccc3s2)cn1. The Morgan fingerprint density at radius 3 is 3.05 bits per heavy atom. The monoisotopic (exact) mass is 306 g/mol. The van der Waals surface area contributed by atoms with Gasteiger partial charge in [0.1, 0.15) is 5.52 Å². The lowest BCUT2D eigenvalue weighted by molar-refractivity contribution is -0.115. The van der Waals surface area contributed by atoms with E-state index in [1.54, 1.807) is 16.9 Å². The number of aromatic nitrogens is 3. The molecule has 1 N–H and O–H groups in total. The average molecular weight is 307 g/mol. The Morgan fingerprint density at radius 1 is 1.50 bits per heavy atom. The number of carbonyl (C=O) groups is 1. The summed E-state index contributed by atoms with van der Waals surface area (Å²) in [4.78, 5) is 16.3. The normalized spacial score (nSPS) is 10.9. The quantitative estimate of drug-likeness (QED) is 0.809. The lowest BCUT2D eigenvalue weighted by Gasteiger charge is -1.98. The fraction of sp³-hybridized carbons (Fsp3) is 0.154. The predicted molar refractivity (Wildman–Crippen MR) is 80.2 cm³/mol. The van der Waals surface area contributed by atoms with Gasteiger partial charge in [-0.1, -0.05) is 29.0 Å². The van der Waals surface area contributed by atoms with Crippen molar-refractivity contribution in [2.24, 2.45) is 7.05 Å². The molecule has 3 rings (SSSR count). The van der Waals surface area contributed by atoms with Crippen LogP contribution in [0.4, 0.5) is 5.13 Å². The molecule has 0 bridgehead atoms. The topological polar surface area (TPSA) is 59.8 Å². The molecule has 2 aromatic heterocycles. The van der Waals surface area contributed by atoms with Crippen molar-refractivity contribution in [2.75, 3.05) is 5.32 Å². The molecule has 0 atom stereocenters. The van der Waals surface area contributed by atoms with Gasteiger partial charge in [0.15, 0.2) is 5.13 Å². The standard InChI is InChI=1S/C13H11ClN4OS/c1-18-7-8(6-15-18)5-11(19)16-13-17-12-9(14)3-2-4-10(12)20-13/h2-4,6-7H,5H2,1H3,(H,16,17,19). The molecule has 0 radical (unpaired) electrons. The first-order valence-corrected chi connectivity index (χ1v) is 7.14. The number of aryl methyl sites for hydroxylation is 1. The third-order valence-corrected chi connectivity index (χ3v) is 3.98. The number of benzene rings is 1. The van der Waals surface area contributed by atoms with Crippen LogP contribution in [-0.2, 0) is 18.3 Å². The van der Waals surface area contributed by atoms with Crippen molar-refractivity contribution in [3.05, 3.63) is 41.2 Å². The van der Waals surface area contributed by atoms with Crippen molar-refractivity contribution >= 4 is 44.2 Å². The zero-order valence-corrected chi connectivity index (χ0v) is 12.2. The largest absolute Gasteiger partial charge is 0.302 e. The second kappa shape index (κ2) is 5.22. The molecule has 0 aliphatic rings. The summed E-state index contributed by atoms with van der Waals surface area (Å²) in [6.07, 6.45) is 3.76. The van der Waals surface area contributed by atoms with Crippen LogP contribution < -0.4 is 5.32 Å². The van der Waals surface area contributed by atoms with Crippen LogP contribution in [0.15, 0.2) is 30.6 Å². The van der Waals surface area contributed by atoms with Gasteiger partial charge in [-0.3, -0.25) is 9.48 Å². The van der Waals surface area contributed by atoms with E-state index in [1.165, 1.54) is 11.3 Å².